The van der Waals surface area contributed by atoms with Gasteiger partial charge >= 0.3 is 0 Å². The molecule has 106 valence electrons. The summed E-state index contributed by atoms with van der Waals surface area (Å²) < 4.78 is 11.0. The SMILES string of the molecule is O=C(Nc1nncs1)c1ccc(COc2ccccc2)o1. The first-order chi connectivity index (χ1) is 10.3. The van der Waals surface area contributed by atoms with Gasteiger partial charge in [-0.2, -0.15) is 0 Å². The molecule has 0 fully saturated rings. The molecule has 1 amide bonds. The van der Waals surface area contributed by atoms with Gasteiger partial charge in [0.2, 0.25) is 5.13 Å². The van der Waals surface area contributed by atoms with Crippen molar-refractivity contribution in [1.29, 1.82) is 0 Å². The third-order valence-electron chi connectivity index (χ3n) is 2.59. The van der Waals surface area contributed by atoms with Gasteiger partial charge in [-0.05, 0) is 24.3 Å². The van der Waals surface area contributed by atoms with Crippen molar-refractivity contribution in [1.82, 2.24) is 10.2 Å². The zero-order valence-electron chi connectivity index (χ0n) is 10.9. The van der Waals surface area contributed by atoms with Crippen LogP contribution in [0.1, 0.15) is 16.3 Å². The van der Waals surface area contributed by atoms with Crippen molar-refractivity contribution in [2.45, 2.75) is 6.61 Å². The fourth-order valence-electron chi connectivity index (χ4n) is 1.63. The number of carbonyl (C=O) groups is 1. The first-order valence-electron chi connectivity index (χ1n) is 6.15. The summed E-state index contributed by atoms with van der Waals surface area (Å²) in [7, 11) is 0. The number of benzene rings is 1. The molecule has 0 saturated carbocycles. The summed E-state index contributed by atoms with van der Waals surface area (Å²) in [5, 5.41) is 10.4. The average Bonchev–Trinajstić information content (AvgIpc) is 3.17. The maximum absolute atomic E-state index is 11.9. The molecular weight excluding hydrogens is 290 g/mol. The van der Waals surface area contributed by atoms with E-state index in [-0.39, 0.29) is 18.3 Å². The van der Waals surface area contributed by atoms with Gasteiger partial charge in [-0.3, -0.25) is 10.1 Å². The van der Waals surface area contributed by atoms with E-state index in [1.54, 1.807) is 12.1 Å². The zero-order chi connectivity index (χ0) is 14.5. The minimum atomic E-state index is -0.363. The predicted molar refractivity (Wildman–Crippen MR) is 77.3 cm³/mol. The van der Waals surface area contributed by atoms with Gasteiger partial charge in [-0.1, -0.05) is 29.5 Å². The van der Waals surface area contributed by atoms with E-state index in [0.29, 0.717) is 10.9 Å². The lowest BCUT2D eigenvalue weighted by Gasteiger charge is -2.03. The Balaban J connectivity index is 1.59. The molecule has 0 spiro atoms. The molecule has 0 radical (unpaired) electrons. The highest BCUT2D eigenvalue weighted by molar-refractivity contribution is 7.13. The van der Waals surface area contributed by atoms with Gasteiger partial charge in [0.05, 0.1) is 0 Å². The number of anilines is 1. The van der Waals surface area contributed by atoms with Gasteiger partial charge in [-0.15, -0.1) is 10.2 Å². The third-order valence-corrected chi connectivity index (χ3v) is 3.20. The summed E-state index contributed by atoms with van der Waals surface area (Å²) in [4.78, 5) is 11.9. The third kappa shape index (κ3) is 3.46. The lowest BCUT2D eigenvalue weighted by Crippen LogP contribution is -2.10. The number of para-hydroxylation sites is 1. The van der Waals surface area contributed by atoms with E-state index < -0.39 is 0 Å². The first kappa shape index (κ1) is 13.3. The van der Waals surface area contributed by atoms with Crippen LogP contribution in [0.3, 0.4) is 0 Å². The molecule has 0 aliphatic rings. The Bertz CT molecular complexity index is 710. The van der Waals surface area contributed by atoms with E-state index in [0.717, 1.165) is 5.75 Å². The number of ether oxygens (including phenoxy) is 1. The van der Waals surface area contributed by atoms with Crippen molar-refractivity contribution < 1.29 is 13.9 Å². The van der Waals surface area contributed by atoms with Crippen LogP contribution in [-0.4, -0.2) is 16.1 Å². The summed E-state index contributed by atoms with van der Waals surface area (Å²) in [5.74, 6) is 1.16. The quantitative estimate of drug-likeness (QED) is 0.784. The lowest BCUT2D eigenvalue weighted by atomic mass is 10.3. The van der Waals surface area contributed by atoms with Gasteiger partial charge in [0.1, 0.15) is 23.6 Å². The fourth-order valence-corrected chi connectivity index (χ4v) is 2.07. The van der Waals surface area contributed by atoms with E-state index in [9.17, 15) is 4.79 Å². The van der Waals surface area contributed by atoms with Crippen LogP contribution in [-0.2, 0) is 6.61 Å². The van der Waals surface area contributed by atoms with Gasteiger partial charge in [0.15, 0.2) is 5.76 Å². The maximum atomic E-state index is 11.9. The normalized spacial score (nSPS) is 10.3. The molecule has 3 aromatic rings. The van der Waals surface area contributed by atoms with E-state index >= 15 is 0 Å². The Hall–Kier alpha value is -2.67. The minimum Gasteiger partial charge on any atom is -0.486 e. The van der Waals surface area contributed by atoms with Crippen LogP contribution < -0.4 is 10.1 Å². The molecule has 0 saturated heterocycles. The number of aromatic nitrogens is 2. The molecule has 0 unspecified atom stereocenters. The highest BCUT2D eigenvalue weighted by atomic mass is 32.1. The second kappa shape index (κ2) is 6.19. The number of carbonyl (C=O) groups excluding carboxylic acids is 1. The van der Waals surface area contributed by atoms with Gasteiger partial charge in [0, 0.05) is 0 Å². The van der Waals surface area contributed by atoms with Crippen molar-refractivity contribution in [3.8, 4) is 5.75 Å². The summed E-state index contributed by atoms with van der Waals surface area (Å²) in [6, 6.07) is 12.7. The number of amides is 1. The molecule has 2 heterocycles. The molecule has 7 heteroatoms. The van der Waals surface area contributed by atoms with Crippen molar-refractivity contribution >= 4 is 22.4 Å². The summed E-state index contributed by atoms with van der Waals surface area (Å²) >= 11 is 1.24. The van der Waals surface area contributed by atoms with Crippen LogP contribution in [0.15, 0.2) is 52.4 Å². The largest absolute Gasteiger partial charge is 0.486 e. The minimum absolute atomic E-state index is 0.205. The Morgan fingerprint density at radius 1 is 1.24 bits per heavy atom. The number of furan rings is 1. The first-order valence-corrected chi connectivity index (χ1v) is 7.03. The number of hydrogen-bond donors (Lipinski definition) is 1. The molecule has 0 atom stereocenters. The standard InChI is InChI=1S/C14H11N3O3S/c18-13(16-14-17-15-9-21-14)12-7-6-11(20-12)8-19-10-4-2-1-3-5-10/h1-7,9H,8H2,(H,16,17,18). The number of hydrogen-bond acceptors (Lipinski definition) is 6. The molecule has 0 bridgehead atoms. The topological polar surface area (TPSA) is 77.2 Å². The lowest BCUT2D eigenvalue weighted by molar-refractivity contribution is 0.0992. The van der Waals surface area contributed by atoms with E-state index in [4.69, 9.17) is 9.15 Å². The van der Waals surface area contributed by atoms with Crippen LogP contribution in [0, 0.1) is 0 Å². The van der Waals surface area contributed by atoms with E-state index in [1.165, 1.54) is 16.8 Å². The highest BCUT2D eigenvalue weighted by Gasteiger charge is 2.13. The molecule has 0 aliphatic carbocycles. The Kier molecular flexibility index (Phi) is 3.92. The fraction of sp³-hybridized carbons (Fsp3) is 0.0714. The van der Waals surface area contributed by atoms with Crippen molar-refractivity contribution in [3.05, 3.63) is 59.5 Å². The van der Waals surface area contributed by atoms with Crippen LogP contribution in [0.4, 0.5) is 5.13 Å². The predicted octanol–water partition coefficient (Wildman–Crippen LogP) is 2.96. The Morgan fingerprint density at radius 3 is 2.86 bits per heavy atom. The Morgan fingerprint density at radius 2 is 2.10 bits per heavy atom. The number of nitrogens with one attached hydrogen (secondary N) is 1. The molecule has 3 rings (SSSR count). The average molecular weight is 301 g/mol. The molecule has 1 aromatic carbocycles. The van der Waals surface area contributed by atoms with Crippen LogP contribution in [0.5, 0.6) is 5.75 Å². The number of nitrogens with zero attached hydrogens (tertiary/aromatic N) is 2. The summed E-state index contributed by atoms with van der Waals surface area (Å²) in [6.07, 6.45) is 0. The Labute approximate surface area is 124 Å². The van der Waals surface area contributed by atoms with E-state index in [1.807, 2.05) is 30.3 Å². The molecule has 0 aliphatic heterocycles. The second-order valence-corrected chi connectivity index (χ2v) is 4.90. The van der Waals surface area contributed by atoms with Crippen LogP contribution in [0.2, 0.25) is 0 Å². The second-order valence-electron chi connectivity index (χ2n) is 4.07. The smallest absolute Gasteiger partial charge is 0.293 e. The van der Waals surface area contributed by atoms with E-state index in [2.05, 4.69) is 15.5 Å². The molecule has 6 nitrogen and oxygen atoms in total. The van der Waals surface area contributed by atoms with Crippen molar-refractivity contribution in [2.24, 2.45) is 0 Å². The van der Waals surface area contributed by atoms with Gasteiger partial charge in [0.25, 0.3) is 5.91 Å². The van der Waals surface area contributed by atoms with Crippen molar-refractivity contribution in [2.75, 3.05) is 5.32 Å². The monoisotopic (exact) mass is 301 g/mol. The van der Waals surface area contributed by atoms with Crippen LogP contribution in [0.25, 0.3) is 0 Å². The maximum Gasteiger partial charge on any atom is 0.293 e. The molecule has 21 heavy (non-hydrogen) atoms. The molecule has 1 N–H and O–H groups in total. The number of rotatable bonds is 5. The highest BCUT2D eigenvalue weighted by Crippen LogP contribution is 2.15. The molecule has 2 aromatic heterocycles. The van der Waals surface area contributed by atoms with Crippen molar-refractivity contribution in [3.63, 3.8) is 0 Å². The molecular formula is C14H11N3O3S. The van der Waals surface area contributed by atoms with Gasteiger partial charge in [-0.25, -0.2) is 0 Å². The zero-order valence-corrected chi connectivity index (χ0v) is 11.7. The summed E-state index contributed by atoms with van der Waals surface area (Å²) in [6.45, 7) is 0.260. The van der Waals surface area contributed by atoms with Gasteiger partial charge < -0.3 is 9.15 Å². The summed E-state index contributed by atoms with van der Waals surface area (Å²) in [5.41, 5.74) is 1.54. The van der Waals surface area contributed by atoms with Crippen LogP contribution >= 0.6 is 11.3 Å².